The van der Waals surface area contributed by atoms with Gasteiger partial charge in [0.2, 0.25) is 0 Å². The van der Waals surface area contributed by atoms with E-state index in [1.165, 1.54) is 25.7 Å². The van der Waals surface area contributed by atoms with Crippen LogP contribution in [0.2, 0.25) is 0 Å². The molecule has 2 nitrogen and oxygen atoms in total. The van der Waals surface area contributed by atoms with Gasteiger partial charge in [0.15, 0.2) is 5.78 Å². The number of Topliss-reactive ketones (excluding diaryl/α,β-unsaturated/α-hetero) is 1. The second kappa shape index (κ2) is 4.91. The minimum atomic E-state index is 0.212. The second-order valence-corrected chi connectivity index (χ2v) is 5.25. The summed E-state index contributed by atoms with van der Waals surface area (Å²) in [6.07, 6.45) is 5.68. The Morgan fingerprint density at radius 1 is 1.24 bits per heavy atom. The highest BCUT2D eigenvalue weighted by Crippen LogP contribution is 2.32. The number of benzene rings is 1. The second-order valence-electron chi connectivity index (χ2n) is 5.25. The summed E-state index contributed by atoms with van der Waals surface area (Å²) in [6, 6.07) is 7.89. The van der Waals surface area contributed by atoms with E-state index in [4.69, 9.17) is 0 Å². The number of anilines is 1. The predicted octanol–water partition coefficient (Wildman–Crippen LogP) is 4.02. The van der Waals surface area contributed by atoms with Crippen LogP contribution in [0.3, 0.4) is 0 Å². The third-order valence-corrected chi connectivity index (χ3v) is 3.68. The summed E-state index contributed by atoms with van der Waals surface area (Å²) in [6.45, 7) is 4.18. The molecule has 1 aliphatic rings. The molecule has 2 heteroatoms. The van der Waals surface area contributed by atoms with Gasteiger partial charge < -0.3 is 5.32 Å². The lowest BCUT2D eigenvalue weighted by molar-refractivity contribution is 0.0988. The van der Waals surface area contributed by atoms with E-state index in [-0.39, 0.29) is 11.3 Å². The Morgan fingerprint density at radius 2 is 1.82 bits per heavy atom. The molecule has 1 N–H and O–H groups in total. The first-order valence-corrected chi connectivity index (χ1v) is 6.54. The topological polar surface area (TPSA) is 29.1 Å². The normalized spacial score (nSPS) is 18.0. The van der Waals surface area contributed by atoms with Crippen molar-refractivity contribution >= 4 is 11.5 Å². The number of hydrogen-bond acceptors (Lipinski definition) is 2. The quantitative estimate of drug-likeness (QED) is 0.793. The van der Waals surface area contributed by atoms with Crippen molar-refractivity contribution in [2.45, 2.75) is 51.5 Å². The van der Waals surface area contributed by atoms with Gasteiger partial charge in [-0.1, -0.05) is 19.8 Å². The number of carbonyl (C=O) groups is 1. The Morgan fingerprint density at radius 3 is 2.35 bits per heavy atom. The molecule has 1 aliphatic carbocycles. The Hall–Kier alpha value is -1.31. The minimum absolute atomic E-state index is 0.212. The molecule has 1 saturated carbocycles. The predicted molar refractivity (Wildman–Crippen MR) is 71.6 cm³/mol. The fraction of sp³-hybridized carbons (Fsp3) is 0.533. The van der Waals surface area contributed by atoms with Gasteiger partial charge in [-0.25, -0.2) is 0 Å². The molecule has 1 aromatic carbocycles. The molecule has 0 atom stereocenters. The van der Waals surface area contributed by atoms with Crippen molar-refractivity contribution in [3.05, 3.63) is 29.8 Å². The van der Waals surface area contributed by atoms with Crippen molar-refractivity contribution < 1.29 is 4.79 Å². The molecule has 0 radical (unpaired) electrons. The molecule has 1 aromatic rings. The van der Waals surface area contributed by atoms with Gasteiger partial charge in [0.25, 0.3) is 0 Å². The van der Waals surface area contributed by atoms with Gasteiger partial charge in [-0.3, -0.25) is 4.79 Å². The fourth-order valence-electron chi connectivity index (χ4n) is 2.57. The smallest absolute Gasteiger partial charge is 0.162 e. The van der Waals surface area contributed by atoms with Crippen LogP contribution >= 0.6 is 0 Å². The summed E-state index contributed by atoms with van der Waals surface area (Å²) >= 11 is 0. The average Bonchev–Trinajstić information content (AvgIpc) is 2.76. The first-order valence-electron chi connectivity index (χ1n) is 6.54. The van der Waals surface area contributed by atoms with Crippen LogP contribution in [0.15, 0.2) is 24.3 Å². The van der Waals surface area contributed by atoms with E-state index in [0.717, 1.165) is 11.3 Å². The van der Waals surface area contributed by atoms with E-state index >= 15 is 0 Å². The number of carbonyl (C=O) groups excluding carboxylic acids is 1. The number of hydrogen-bond donors (Lipinski definition) is 1. The van der Waals surface area contributed by atoms with Crippen LogP contribution in [0.5, 0.6) is 0 Å². The molecular formula is C15H21NO. The van der Waals surface area contributed by atoms with Gasteiger partial charge in [-0.15, -0.1) is 0 Å². The molecule has 0 amide bonds. The van der Waals surface area contributed by atoms with E-state index in [0.29, 0.717) is 6.42 Å². The van der Waals surface area contributed by atoms with Crippen LogP contribution in [0.1, 0.15) is 56.3 Å². The third kappa shape index (κ3) is 2.87. The van der Waals surface area contributed by atoms with Crippen LogP contribution in [-0.2, 0) is 0 Å². The highest BCUT2D eigenvalue weighted by Gasteiger charge is 2.27. The van der Waals surface area contributed by atoms with E-state index in [2.05, 4.69) is 12.2 Å². The number of rotatable bonds is 4. The van der Waals surface area contributed by atoms with Crippen molar-refractivity contribution in [1.29, 1.82) is 0 Å². The molecule has 0 heterocycles. The van der Waals surface area contributed by atoms with Crippen LogP contribution < -0.4 is 5.32 Å². The zero-order chi connectivity index (χ0) is 12.3. The number of nitrogens with one attached hydrogen (secondary N) is 1. The number of ketones is 1. The fourth-order valence-corrected chi connectivity index (χ4v) is 2.57. The molecule has 92 valence electrons. The standard InChI is InChI=1S/C15H21NO/c1-3-14(17)12-6-8-13(9-7-12)16-15(2)10-4-5-11-15/h6-9,16H,3-5,10-11H2,1-2H3. The Labute approximate surface area is 103 Å². The van der Waals surface area contributed by atoms with Crippen LogP contribution in [-0.4, -0.2) is 11.3 Å². The van der Waals surface area contributed by atoms with Crippen molar-refractivity contribution in [1.82, 2.24) is 0 Å². The molecule has 17 heavy (non-hydrogen) atoms. The van der Waals surface area contributed by atoms with E-state index in [1.54, 1.807) is 0 Å². The van der Waals surface area contributed by atoms with Gasteiger partial charge in [0.05, 0.1) is 0 Å². The lowest BCUT2D eigenvalue weighted by Crippen LogP contribution is -2.30. The molecule has 2 rings (SSSR count). The van der Waals surface area contributed by atoms with Crippen molar-refractivity contribution in [2.24, 2.45) is 0 Å². The summed E-state index contributed by atoms with van der Waals surface area (Å²) in [5, 5.41) is 3.59. The summed E-state index contributed by atoms with van der Waals surface area (Å²) in [7, 11) is 0. The summed E-state index contributed by atoms with van der Waals surface area (Å²) in [5.74, 6) is 0.212. The highest BCUT2D eigenvalue weighted by atomic mass is 16.1. The largest absolute Gasteiger partial charge is 0.380 e. The van der Waals surface area contributed by atoms with Crippen LogP contribution in [0.25, 0.3) is 0 Å². The molecular weight excluding hydrogens is 210 g/mol. The van der Waals surface area contributed by atoms with Crippen LogP contribution in [0, 0.1) is 0 Å². The maximum atomic E-state index is 11.5. The molecule has 1 fully saturated rings. The van der Waals surface area contributed by atoms with Gasteiger partial charge in [0, 0.05) is 23.2 Å². The maximum absolute atomic E-state index is 11.5. The summed E-state index contributed by atoms with van der Waals surface area (Å²) < 4.78 is 0. The van der Waals surface area contributed by atoms with Crippen molar-refractivity contribution in [2.75, 3.05) is 5.32 Å². The van der Waals surface area contributed by atoms with Gasteiger partial charge in [0.1, 0.15) is 0 Å². The Bertz CT molecular complexity index is 388. The minimum Gasteiger partial charge on any atom is -0.380 e. The zero-order valence-electron chi connectivity index (χ0n) is 10.8. The molecule has 0 aromatic heterocycles. The van der Waals surface area contributed by atoms with Crippen LogP contribution in [0.4, 0.5) is 5.69 Å². The summed E-state index contributed by atoms with van der Waals surface area (Å²) in [4.78, 5) is 11.5. The molecule has 0 unspecified atom stereocenters. The highest BCUT2D eigenvalue weighted by molar-refractivity contribution is 5.96. The summed E-state index contributed by atoms with van der Waals surface area (Å²) in [5.41, 5.74) is 2.19. The van der Waals surface area contributed by atoms with E-state index < -0.39 is 0 Å². The molecule has 0 aliphatic heterocycles. The van der Waals surface area contributed by atoms with Gasteiger partial charge in [-0.2, -0.15) is 0 Å². The lowest BCUT2D eigenvalue weighted by Gasteiger charge is -2.26. The SMILES string of the molecule is CCC(=O)c1ccc(NC2(C)CCCC2)cc1. The first-order chi connectivity index (χ1) is 8.13. The Kier molecular flexibility index (Phi) is 3.51. The average molecular weight is 231 g/mol. The first kappa shape index (κ1) is 12.2. The molecule has 0 bridgehead atoms. The zero-order valence-corrected chi connectivity index (χ0v) is 10.8. The van der Waals surface area contributed by atoms with Crippen molar-refractivity contribution in [3.63, 3.8) is 0 Å². The van der Waals surface area contributed by atoms with Gasteiger partial charge in [-0.05, 0) is 44.0 Å². The molecule has 0 saturated heterocycles. The van der Waals surface area contributed by atoms with E-state index in [9.17, 15) is 4.79 Å². The van der Waals surface area contributed by atoms with Crippen molar-refractivity contribution in [3.8, 4) is 0 Å². The Balaban J connectivity index is 2.05. The molecule has 0 spiro atoms. The monoisotopic (exact) mass is 231 g/mol. The van der Waals surface area contributed by atoms with E-state index in [1.807, 2.05) is 31.2 Å². The van der Waals surface area contributed by atoms with Gasteiger partial charge >= 0.3 is 0 Å². The lowest BCUT2D eigenvalue weighted by atomic mass is 10.00. The maximum Gasteiger partial charge on any atom is 0.162 e. The third-order valence-electron chi connectivity index (χ3n) is 3.68.